The summed E-state index contributed by atoms with van der Waals surface area (Å²) in [6.07, 6.45) is 3.34. The molecule has 4 heterocycles. The molecule has 1 aliphatic rings. The average molecular weight is 526 g/mol. The molecule has 0 N–H and O–H groups in total. The van der Waals surface area contributed by atoms with Crippen molar-refractivity contribution in [3.63, 3.8) is 0 Å². The fraction of sp³-hybridized carbons (Fsp3) is 0.267. The predicted molar refractivity (Wildman–Crippen MR) is 152 cm³/mol. The van der Waals surface area contributed by atoms with Crippen LogP contribution in [0.4, 0.5) is 5.82 Å². The van der Waals surface area contributed by atoms with Crippen molar-refractivity contribution in [3.8, 4) is 0 Å². The molecule has 3 aromatic heterocycles. The predicted octanol–water partition coefficient (Wildman–Crippen LogP) is 4.97. The molecule has 38 heavy (non-hydrogen) atoms. The highest BCUT2D eigenvalue weighted by molar-refractivity contribution is 7.90. The van der Waals surface area contributed by atoms with Crippen LogP contribution in [0.2, 0.25) is 0 Å². The Bertz CT molecular complexity index is 1740. The van der Waals surface area contributed by atoms with Crippen molar-refractivity contribution in [2.75, 3.05) is 32.1 Å². The van der Waals surface area contributed by atoms with E-state index >= 15 is 0 Å². The minimum atomic E-state index is -3.89. The largest absolute Gasteiger partial charge is 0.354 e. The number of likely N-dealkylation sites (N-methyl/N-ethyl adjacent to an activating group) is 1. The molecule has 194 valence electrons. The highest BCUT2D eigenvalue weighted by Crippen LogP contribution is 2.36. The number of rotatable bonds is 5. The first-order valence-electron chi connectivity index (χ1n) is 12.8. The number of hydrogen-bond acceptors (Lipinski definition) is 6. The average Bonchev–Trinajstić information content (AvgIpc) is 3.49. The molecule has 0 amide bonds. The van der Waals surface area contributed by atoms with Gasteiger partial charge in [-0.3, -0.25) is 4.98 Å². The van der Waals surface area contributed by atoms with Gasteiger partial charge in [-0.1, -0.05) is 47.5 Å². The van der Waals surface area contributed by atoms with Gasteiger partial charge >= 0.3 is 0 Å². The first-order chi connectivity index (χ1) is 18.2. The molecule has 5 aromatic rings. The van der Waals surface area contributed by atoms with Gasteiger partial charge in [-0.05, 0) is 63.8 Å². The number of hydrogen-bond donors (Lipinski definition) is 0. The first-order valence-corrected chi connectivity index (χ1v) is 14.2. The first kappa shape index (κ1) is 24.6. The second kappa shape index (κ2) is 9.22. The van der Waals surface area contributed by atoms with Crippen molar-refractivity contribution >= 4 is 37.8 Å². The van der Waals surface area contributed by atoms with Crippen LogP contribution in [0.25, 0.3) is 21.9 Å². The summed E-state index contributed by atoms with van der Waals surface area (Å²) in [6.45, 7) is 5.65. The lowest BCUT2D eigenvalue weighted by molar-refractivity contribution is 0.292. The molecule has 0 unspecified atom stereocenters. The maximum absolute atomic E-state index is 14.0. The van der Waals surface area contributed by atoms with Crippen LogP contribution in [-0.2, 0) is 10.0 Å². The monoisotopic (exact) mass is 525 g/mol. The van der Waals surface area contributed by atoms with Gasteiger partial charge in [-0.25, -0.2) is 17.4 Å². The Kier molecular flexibility index (Phi) is 5.96. The zero-order chi connectivity index (χ0) is 26.6. The van der Waals surface area contributed by atoms with Crippen molar-refractivity contribution in [2.24, 2.45) is 0 Å². The number of aromatic nitrogens is 3. The molecule has 1 fully saturated rings. The lowest BCUT2D eigenvalue weighted by Gasteiger charge is -2.25. The molecule has 2 atom stereocenters. The summed E-state index contributed by atoms with van der Waals surface area (Å²) >= 11 is 0. The van der Waals surface area contributed by atoms with Gasteiger partial charge in [0, 0.05) is 48.2 Å². The molecule has 8 heteroatoms. The van der Waals surface area contributed by atoms with Crippen LogP contribution in [0.3, 0.4) is 0 Å². The Labute approximate surface area is 223 Å². The molecule has 1 aliphatic heterocycles. The summed E-state index contributed by atoms with van der Waals surface area (Å²) in [5.74, 6) is 1.09. The van der Waals surface area contributed by atoms with Gasteiger partial charge in [0.1, 0.15) is 5.82 Å². The van der Waals surface area contributed by atoms with E-state index in [1.165, 1.54) is 15.1 Å². The summed E-state index contributed by atoms with van der Waals surface area (Å²) in [7, 11) is 0.344. The van der Waals surface area contributed by atoms with Crippen LogP contribution in [0, 0.1) is 13.8 Å². The molecular weight excluding hydrogens is 494 g/mol. The topological polar surface area (TPSA) is 71.3 Å². The molecule has 7 nitrogen and oxygen atoms in total. The van der Waals surface area contributed by atoms with Crippen LogP contribution in [0.15, 0.2) is 84.0 Å². The zero-order valence-corrected chi connectivity index (χ0v) is 22.9. The van der Waals surface area contributed by atoms with E-state index in [4.69, 9.17) is 4.98 Å². The van der Waals surface area contributed by atoms with Gasteiger partial charge in [-0.2, -0.15) is 0 Å². The van der Waals surface area contributed by atoms with Crippen LogP contribution in [-0.4, -0.2) is 60.5 Å². The minimum Gasteiger partial charge on any atom is -0.354 e. The highest BCUT2D eigenvalue weighted by Gasteiger charge is 2.36. The molecule has 0 bridgehead atoms. The Morgan fingerprint density at radius 2 is 1.53 bits per heavy atom. The minimum absolute atomic E-state index is 0.235. The normalized spacial score (nSPS) is 18.2. The van der Waals surface area contributed by atoms with Gasteiger partial charge in [0.2, 0.25) is 0 Å². The number of nitrogens with zero attached hydrogens (tertiary/aromatic N) is 5. The number of fused-ring (bicyclic) bond motifs is 3. The smallest absolute Gasteiger partial charge is 0.269 e. The quantitative estimate of drug-likeness (QED) is 0.323. The van der Waals surface area contributed by atoms with Gasteiger partial charge in [0.25, 0.3) is 10.0 Å². The van der Waals surface area contributed by atoms with E-state index in [-0.39, 0.29) is 4.90 Å². The van der Waals surface area contributed by atoms with E-state index in [0.29, 0.717) is 23.1 Å². The van der Waals surface area contributed by atoms with Gasteiger partial charge in [0.05, 0.1) is 10.4 Å². The zero-order valence-electron chi connectivity index (χ0n) is 22.0. The van der Waals surface area contributed by atoms with Gasteiger partial charge in [0.15, 0.2) is 5.65 Å². The second-order valence-corrected chi connectivity index (χ2v) is 12.3. The fourth-order valence-corrected chi connectivity index (χ4v) is 7.04. The standard InChI is InChI=1S/C30H31N5O2S/c1-20-5-9-22(10-6-20)26-18-34(19-28(26)33(3)4)29-14-13-24-25-17-31-16-15-27(25)35(30(24)32-29)38(36,37)23-11-7-21(2)8-12-23/h5-17,26,28H,18-19H2,1-4H3/t26-,28+/m0/s1. The number of aryl methyl sites for hydroxylation is 2. The summed E-state index contributed by atoms with van der Waals surface area (Å²) < 4.78 is 29.3. The van der Waals surface area contributed by atoms with Crippen molar-refractivity contribution in [1.29, 1.82) is 0 Å². The van der Waals surface area contributed by atoms with E-state index < -0.39 is 10.0 Å². The molecule has 2 aromatic carbocycles. The van der Waals surface area contributed by atoms with E-state index in [0.717, 1.165) is 35.2 Å². The van der Waals surface area contributed by atoms with E-state index in [1.54, 1.807) is 30.6 Å². The van der Waals surface area contributed by atoms with Crippen molar-refractivity contribution in [1.82, 2.24) is 18.8 Å². The lowest BCUT2D eigenvalue weighted by atomic mass is 9.93. The third-order valence-corrected chi connectivity index (χ3v) is 9.42. The summed E-state index contributed by atoms with van der Waals surface area (Å²) in [5, 5.41) is 1.54. The van der Waals surface area contributed by atoms with Crippen LogP contribution >= 0.6 is 0 Å². The fourth-order valence-electron chi connectivity index (χ4n) is 5.56. The van der Waals surface area contributed by atoms with Gasteiger partial charge in [-0.15, -0.1) is 0 Å². The van der Waals surface area contributed by atoms with Crippen molar-refractivity contribution < 1.29 is 8.42 Å². The van der Waals surface area contributed by atoms with Crippen LogP contribution in [0.1, 0.15) is 22.6 Å². The Morgan fingerprint density at radius 1 is 0.842 bits per heavy atom. The maximum Gasteiger partial charge on any atom is 0.269 e. The highest BCUT2D eigenvalue weighted by atomic mass is 32.2. The summed E-state index contributed by atoms with van der Waals surface area (Å²) in [6, 6.07) is 21.7. The van der Waals surface area contributed by atoms with Crippen LogP contribution in [0.5, 0.6) is 0 Å². The molecule has 1 saturated heterocycles. The lowest BCUT2D eigenvalue weighted by Crippen LogP contribution is -2.34. The van der Waals surface area contributed by atoms with Gasteiger partial charge < -0.3 is 9.80 Å². The van der Waals surface area contributed by atoms with E-state index in [1.807, 2.05) is 31.2 Å². The Hall–Kier alpha value is -3.75. The summed E-state index contributed by atoms with van der Waals surface area (Å²) in [5.41, 5.74) is 4.55. The molecule has 0 saturated carbocycles. The molecule has 0 radical (unpaired) electrons. The number of pyridine rings is 2. The molecule has 0 spiro atoms. The molecule has 0 aliphatic carbocycles. The Balaban J connectivity index is 1.48. The van der Waals surface area contributed by atoms with Crippen molar-refractivity contribution in [2.45, 2.75) is 30.7 Å². The van der Waals surface area contributed by atoms with E-state index in [9.17, 15) is 8.42 Å². The molecule has 6 rings (SSSR count). The summed E-state index contributed by atoms with van der Waals surface area (Å²) in [4.78, 5) is 14.1. The second-order valence-electron chi connectivity index (χ2n) is 10.5. The van der Waals surface area contributed by atoms with Crippen molar-refractivity contribution in [3.05, 3.63) is 95.8 Å². The van der Waals surface area contributed by atoms with E-state index in [2.05, 4.69) is 60.1 Å². The third kappa shape index (κ3) is 4.04. The number of anilines is 1. The SMILES string of the molecule is Cc1ccc([C@@H]2CN(c3ccc4c5cnccc5n(S(=O)(=O)c5ccc(C)cc5)c4n3)C[C@H]2N(C)C)cc1. The molecular formula is C30H31N5O2S. The van der Waals surface area contributed by atoms with Crippen LogP contribution < -0.4 is 4.90 Å². The maximum atomic E-state index is 14.0. The third-order valence-electron chi connectivity index (χ3n) is 7.70. The Morgan fingerprint density at radius 3 is 2.21 bits per heavy atom. The number of benzene rings is 2.